The summed E-state index contributed by atoms with van der Waals surface area (Å²) in [5.74, 6) is 0.959. The summed E-state index contributed by atoms with van der Waals surface area (Å²) >= 11 is 0. The van der Waals surface area contributed by atoms with Crippen molar-refractivity contribution < 1.29 is 9.53 Å². The van der Waals surface area contributed by atoms with Gasteiger partial charge in [0.2, 0.25) is 5.91 Å². The van der Waals surface area contributed by atoms with E-state index in [9.17, 15) is 4.79 Å². The molecule has 3 rings (SSSR count). The Hall–Kier alpha value is -2.47. The van der Waals surface area contributed by atoms with E-state index in [-0.39, 0.29) is 17.9 Å². The Bertz CT molecular complexity index is 836. The Balaban J connectivity index is 1.54. The Morgan fingerprint density at radius 2 is 2.03 bits per heavy atom. The van der Waals surface area contributed by atoms with Gasteiger partial charge in [-0.15, -0.1) is 10.2 Å². The molecule has 1 aliphatic rings. The molecule has 1 aromatic carbocycles. The molecule has 0 aliphatic carbocycles. The fraction of sp³-hybridized carbons (Fsp3) is 0.542. The van der Waals surface area contributed by atoms with Crippen LogP contribution in [-0.4, -0.2) is 48.4 Å². The minimum Gasteiger partial charge on any atom is -0.379 e. The summed E-state index contributed by atoms with van der Waals surface area (Å²) in [6.07, 6.45) is 2.97. The minimum atomic E-state index is -0.00834. The minimum absolute atomic E-state index is 0.00834. The smallest absolute Gasteiger partial charge is 0.224 e. The summed E-state index contributed by atoms with van der Waals surface area (Å²) in [6, 6.07) is 10.4. The molecule has 6 heteroatoms. The molecule has 0 unspecified atom stereocenters. The number of rotatable bonds is 8. The van der Waals surface area contributed by atoms with E-state index < -0.39 is 0 Å². The maximum Gasteiger partial charge on any atom is 0.224 e. The zero-order chi connectivity index (χ0) is 21.5. The number of aryl methyl sites for hydroxylation is 2. The molecule has 0 saturated carbocycles. The van der Waals surface area contributed by atoms with Gasteiger partial charge in [-0.05, 0) is 76.3 Å². The number of nitrogens with zero attached hydrogens (tertiary/aromatic N) is 3. The molecule has 1 saturated heterocycles. The molecule has 1 aromatic heterocycles. The highest BCUT2D eigenvalue weighted by atomic mass is 16.5. The largest absolute Gasteiger partial charge is 0.379 e. The van der Waals surface area contributed by atoms with Gasteiger partial charge in [-0.3, -0.25) is 4.79 Å². The van der Waals surface area contributed by atoms with Crippen LogP contribution in [0, 0.1) is 19.8 Å². The zero-order valence-electron chi connectivity index (χ0n) is 18.6. The highest BCUT2D eigenvalue weighted by molar-refractivity contribution is 5.79. The van der Waals surface area contributed by atoms with E-state index in [1.54, 1.807) is 0 Å². The van der Waals surface area contributed by atoms with Crippen molar-refractivity contribution in [1.29, 1.82) is 0 Å². The molecule has 0 radical (unpaired) electrons. The molecular weight excluding hydrogens is 376 g/mol. The van der Waals surface area contributed by atoms with E-state index in [0.717, 1.165) is 42.9 Å². The maximum atomic E-state index is 12.6. The van der Waals surface area contributed by atoms with Crippen LogP contribution in [-0.2, 0) is 9.53 Å². The van der Waals surface area contributed by atoms with Crippen molar-refractivity contribution >= 4 is 11.7 Å². The number of aromatic nitrogens is 2. The molecule has 1 aliphatic heterocycles. The van der Waals surface area contributed by atoms with E-state index >= 15 is 0 Å². The first-order chi connectivity index (χ1) is 14.4. The molecule has 2 aromatic rings. The van der Waals surface area contributed by atoms with Crippen LogP contribution in [0.5, 0.6) is 0 Å². The lowest BCUT2D eigenvalue weighted by atomic mass is 9.97. The summed E-state index contributed by atoms with van der Waals surface area (Å²) in [7, 11) is 0. The number of anilines is 1. The number of nitrogens with one attached hydrogen (secondary N) is 1. The SMILES string of the molecule is Cc1ccc(-c2ccc(N3CCC[C@@H](C(=O)NCCCOC(C)C)C3)nn2)cc1C. The van der Waals surface area contributed by atoms with Crippen molar-refractivity contribution in [3.63, 3.8) is 0 Å². The molecule has 1 amide bonds. The van der Waals surface area contributed by atoms with Gasteiger partial charge in [0.25, 0.3) is 0 Å². The second-order valence-corrected chi connectivity index (χ2v) is 8.43. The van der Waals surface area contributed by atoms with Gasteiger partial charge in [0, 0.05) is 31.8 Å². The van der Waals surface area contributed by atoms with Crippen LogP contribution in [0.1, 0.15) is 44.2 Å². The standard InChI is InChI=1S/C24H34N4O2/c1-17(2)30-14-6-12-25-24(29)21-7-5-13-28(16-21)23-11-10-22(26-27-23)20-9-8-18(3)19(4)15-20/h8-11,15,17,21H,5-7,12-14,16H2,1-4H3,(H,25,29)/t21-/m1/s1. The van der Waals surface area contributed by atoms with Gasteiger partial charge in [0.05, 0.1) is 17.7 Å². The van der Waals surface area contributed by atoms with E-state index in [0.29, 0.717) is 19.7 Å². The Labute approximate surface area is 180 Å². The second-order valence-electron chi connectivity index (χ2n) is 8.43. The van der Waals surface area contributed by atoms with Crippen molar-refractivity contribution in [3.8, 4) is 11.3 Å². The van der Waals surface area contributed by atoms with Crippen LogP contribution < -0.4 is 10.2 Å². The molecule has 6 nitrogen and oxygen atoms in total. The Morgan fingerprint density at radius 3 is 2.73 bits per heavy atom. The fourth-order valence-electron chi connectivity index (χ4n) is 3.69. The summed E-state index contributed by atoms with van der Waals surface area (Å²) in [4.78, 5) is 14.7. The number of amides is 1. The normalized spacial score (nSPS) is 16.7. The zero-order valence-corrected chi connectivity index (χ0v) is 18.6. The van der Waals surface area contributed by atoms with Crippen molar-refractivity contribution in [2.45, 2.75) is 53.1 Å². The summed E-state index contributed by atoms with van der Waals surface area (Å²) < 4.78 is 5.52. The van der Waals surface area contributed by atoms with Crippen LogP contribution in [0.15, 0.2) is 30.3 Å². The Morgan fingerprint density at radius 1 is 1.20 bits per heavy atom. The quantitative estimate of drug-likeness (QED) is 0.669. The fourth-order valence-corrected chi connectivity index (χ4v) is 3.69. The predicted molar refractivity (Wildman–Crippen MR) is 121 cm³/mol. The molecule has 0 spiro atoms. The number of hydrogen-bond acceptors (Lipinski definition) is 5. The van der Waals surface area contributed by atoms with Crippen molar-refractivity contribution in [2.75, 3.05) is 31.1 Å². The second kappa shape index (κ2) is 10.5. The molecule has 1 N–H and O–H groups in total. The molecular formula is C24H34N4O2. The first-order valence-corrected chi connectivity index (χ1v) is 11.0. The number of hydrogen-bond donors (Lipinski definition) is 1. The van der Waals surface area contributed by atoms with Crippen molar-refractivity contribution in [3.05, 3.63) is 41.5 Å². The lowest BCUT2D eigenvalue weighted by Crippen LogP contribution is -2.43. The number of carbonyl (C=O) groups excluding carboxylic acids is 1. The molecule has 0 bridgehead atoms. The first-order valence-electron chi connectivity index (χ1n) is 11.0. The van der Waals surface area contributed by atoms with Crippen molar-refractivity contribution in [1.82, 2.24) is 15.5 Å². The topological polar surface area (TPSA) is 67.4 Å². The van der Waals surface area contributed by atoms with Crippen LogP contribution >= 0.6 is 0 Å². The molecule has 2 heterocycles. The predicted octanol–water partition coefficient (Wildman–Crippen LogP) is 3.91. The third-order valence-electron chi connectivity index (χ3n) is 5.64. The monoisotopic (exact) mass is 410 g/mol. The van der Waals surface area contributed by atoms with Crippen LogP contribution in [0.4, 0.5) is 5.82 Å². The number of carbonyl (C=O) groups is 1. The van der Waals surface area contributed by atoms with E-state index in [1.807, 2.05) is 26.0 Å². The molecule has 1 fully saturated rings. The molecule has 162 valence electrons. The third kappa shape index (κ3) is 6.02. The van der Waals surface area contributed by atoms with E-state index in [1.165, 1.54) is 11.1 Å². The molecule has 1 atom stereocenters. The number of ether oxygens (including phenoxy) is 1. The van der Waals surface area contributed by atoms with Gasteiger partial charge in [-0.1, -0.05) is 12.1 Å². The number of benzene rings is 1. The average molecular weight is 411 g/mol. The third-order valence-corrected chi connectivity index (χ3v) is 5.64. The van der Waals surface area contributed by atoms with Gasteiger partial charge in [-0.25, -0.2) is 0 Å². The summed E-state index contributed by atoms with van der Waals surface area (Å²) in [5.41, 5.74) is 4.47. The van der Waals surface area contributed by atoms with Gasteiger partial charge in [-0.2, -0.15) is 0 Å². The maximum absolute atomic E-state index is 12.6. The lowest BCUT2D eigenvalue weighted by Gasteiger charge is -2.32. The van der Waals surface area contributed by atoms with Crippen LogP contribution in [0.25, 0.3) is 11.3 Å². The van der Waals surface area contributed by atoms with Crippen LogP contribution in [0.3, 0.4) is 0 Å². The molecule has 30 heavy (non-hydrogen) atoms. The summed E-state index contributed by atoms with van der Waals surface area (Å²) in [6.45, 7) is 11.2. The van der Waals surface area contributed by atoms with Gasteiger partial charge < -0.3 is 15.0 Å². The number of piperidine rings is 1. The highest BCUT2D eigenvalue weighted by Gasteiger charge is 2.26. The lowest BCUT2D eigenvalue weighted by molar-refractivity contribution is -0.125. The Kier molecular flexibility index (Phi) is 7.80. The van der Waals surface area contributed by atoms with E-state index in [4.69, 9.17) is 4.74 Å². The van der Waals surface area contributed by atoms with Gasteiger partial charge in [0.1, 0.15) is 0 Å². The van der Waals surface area contributed by atoms with Gasteiger partial charge in [0.15, 0.2) is 5.82 Å². The van der Waals surface area contributed by atoms with Gasteiger partial charge >= 0.3 is 0 Å². The average Bonchev–Trinajstić information content (AvgIpc) is 2.75. The highest BCUT2D eigenvalue weighted by Crippen LogP contribution is 2.24. The summed E-state index contributed by atoms with van der Waals surface area (Å²) in [5, 5.41) is 12.0. The van der Waals surface area contributed by atoms with Crippen LogP contribution in [0.2, 0.25) is 0 Å². The first kappa shape index (κ1) is 22.2. The van der Waals surface area contributed by atoms with E-state index in [2.05, 4.69) is 52.5 Å². The van der Waals surface area contributed by atoms with Crippen molar-refractivity contribution in [2.24, 2.45) is 5.92 Å².